The lowest BCUT2D eigenvalue weighted by atomic mass is 9.91. The Labute approximate surface area is 202 Å². The van der Waals surface area contributed by atoms with Crippen LogP contribution in [0.3, 0.4) is 0 Å². The number of carbonyl (C=O) groups is 1. The highest BCUT2D eigenvalue weighted by Gasteiger charge is 2.32. The van der Waals surface area contributed by atoms with Crippen molar-refractivity contribution in [2.45, 2.75) is 19.4 Å². The van der Waals surface area contributed by atoms with E-state index in [1.54, 1.807) is 18.3 Å². The van der Waals surface area contributed by atoms with E-state index in [1.165, 1.54) is 5.56 Å². The topological polar surface area (TPSA) is 62.2 Å². The molecule has 1 aliphatic carbocycles. The molecule has 4 aromatic rings. The number of nitrogens with one attached hydrogen (secondary N) is 1. The molecule has 0 bridgehead atoms. The number of fused-ring (bicyclic) bond motifs is 1. The Hall–Kier alpha value is -2.92. The van der Waals surface area contributed by atoms with Crippen molar-refractivity contribution in [1.29, 1.82) is 0 Å². The Morgan fingerprint density at radius 3 is 2.30 bits per heavy atom. The molecule has 0 unspecified atom stereocenters. The third-order valence-electron chi connectivity index (χ3n) is 6.06. The first-order valence-corrected chi connectivity index (χ1v) is 11.6. The number of hydrogen-bond donors (Lipinski definition) is 2. The lowest BCUT2D eigenvalue weighted by Gasteiger charge is -2.14. The van der Waals surface area contributed by atoms with Gasteiger partial charge in [0.25, 0.3) is 0 Å². The van der Waals surface area contributed by atoms with Crippen LogP contribution in [0.25, 0.3) is 33.2 Å². The number of carbonyl (C=O) groups excluding carboxylic acids is 1. The number of aromatic hydroxyl groups is 1. The fraction of sp³-hybridized carbons (Fsp3) is 0.185. The van der Waals surface area contributed by atoms with E-state index in [2.05, 4.69) is 34.6 Å². The van der Waals surface area contributed by atoms with Crippen LogP contribution in [0.15, 0.2) is 60.8 Å². The molecule has 1 aliphatic rings. The molecule has 4 nitrogen and oxygen atoms in total. The molecule has 1 aromatic heterocycles. The van der Waals surface area contributed by atoms with Crippen molar-refractivity contribution in [3.63, 3.8) is 0 Å². The molecule has 0 spiro atoms. The van der Waals surface area contributed by atoms with Gasteiger partial charge in [0.2, 0.25) is 0 Å². The second-order valence-corrected chi connectivity index (χ2v) is 9.25. The van der Waals surface area contributed by atoms with Gasteiger partial charge in [-0.15, -0.1) is 0 Å². The summed E-state index contributed by atoms with van der Waals surface area (Å²) in [4.78, 5) is 17.8. The summed E-state index contributed by atoms with van der Waals surface area (Å²) in [6.07, 6.45) is 3.58. The Morgan fingerprint density at radius 1 is 1.00 bits per heavy atom. The van der Waals surface area contributed by atoms with Gasteiger partial charge in [0.05, 0.1) is 15.6 Å². The van der Waals surface area contributed by atoms with Gasteiger partial charge in [0.1, 0.15) is 0 Å². The van der Waals surface area contributed by atoms with Crippen molar-refractivity contribution in [2.75, 3.05) is 7.05 Å². The molecule has 1 saturated carbocycles. The molecule has 33 heavy (non-hydrogen) atoms. The largest absolute Gasteiger partial charge is 0.505 e. The van der Waals surface area contributed by atoms with Crippen molar-refractivity contribution in [1.82, 2.24) is 10.3 Å². The maximum absolute atomic E-state index is 13.2. The van der Waals surface area contributed by atoms with Crippen molar-refractivity contribution in [2.24, 2.45) is 5.92 Å². The summed E-state index contributed by atoms with van der Waals surface area (Å²) in [6, 6.07) is 17.5. The molecule has 5 rings (SSSR count). The number of nitrogens with zero attached hydrogens (tertiary/aromatic N) is 1. The number of halogens is 2. The van der Waals surface area contributed by atoms with E-state index < -0.39 is 0 Å². The number of hydrogen-bond acceptors (Lipinski definition) is 4. The van der Waals surface area contributed by atoms with E-state index >= 15 is 0 Å². The smallest absolute Gasteiger partial charge is 0.168 e. The second kappa shape index (κ2) is 8.79. The molecule has 166 valence electrons. The highest BCUT2D eigenvalue weighted by Crippen LogP contribution is 2.41. The van der Waals surface area contributed by atoms with Crippen LogP contribution in [0.2, 0.25) is 10.0 Å². The summed E-state index contributed by atoms with van der Waals surface area (Å²) in [5.41, 5.74) is 6.15. The van der Waals surface area contributed by atoms with Crippen LogP contribution in [0.1, 0.15) is 28.8 Å². The van der Waals surface area contributed by atoms with E-state index in [9.17, 15) is 9.90 Å². The molecule has 0 aliphatic heterocycles. The quantitative estimate of drug-likeness (QED) is 0.297. The number of rotatable bonds is 6. The molecule has 2 N–H and O–H groups in total. The van der Waals surface area contributed by atoms with Gasteiger partial charge in [-0.3, -0.25) is 9.78 Å². The molecule has 0 atom stereocenters. The van der Waals surface area contributed by atoms with Crippen molar-refractivity contribution < 1.29 is 9.90 Å². The van der Waals surface area contributed by atoms with Gasteiger partial charge < -0.3 is 10.4 Å². The summed E-state index contributed by atoms with van der Waals surface area (Å²) in [7, 11) is 1.92. The minimum absolute atomic E-state index is 0.0875. The highest BCUT2D eigenvalue weighted by molar-refractivity contribution is 6.37. The number of aromatic nitrogens is 1. The molecule has 1 heterocycles. The van der Waals surface area contributed by atoms with Gasteiger partial charge >= 0.3 is 0 Å². The molecule has 0 amide bonds. The Morgan fingerprint density at radius 2 is 1.67 bits per heavy atom. The van der Waals surface area contributed by atoms with Gasteiger partial charge in [-0.2, -0.15) is 0 Å². The van der Waals surface area contributed by atoms with Gasteiger partial charge in [0, 0.05) is 35.2 Å². The van der Waals surface area contributed by atoms with E-state index in [4.69, 9.17) is 23.2 Å². The zero-order chi connectivity index (χ0) is 23.1. The van der Waals surface area contributed by atoms with Crippen LogP contribution in [-0.4, -0.2) is 22.9 Å². The summed E-state index contributed by atoms with van der Waals surface area (Å²) in [5.74, 6) is 0.105. The zero-order valence-corrected chi connectivity index (χ0v) is 19.5. The normalized spacial score (nSPS) is 13.4. The Kier molecular flexibility index (Phi) is 5.83. The third kappa shape index (κ3) is 4.22. The number of phenols is 1. The zero-order valence-electron chi connectivity index (χ0n) is 18.0. The lowest BCUT2D eigenvalue weighted by molar-refractivity contribution is 0.0968. The van der Waals surface area contributed by atoms with Crippen LogP contribution in [-0.2, 0) is 6.54 Å². The monoisotopic (exact) mass is 476 g/mol. The maximum atomic E-state index is 13.2. The average Bonchev–Trinajstić information content (AvgIpc) is 3.67. The minimum atomic E-state index is -0.135. The molecule has 0 radical (unpaired) electrons. The van der Waals surface area contributed by atoms with Crippen LogP contribution in [0.4, 0.5) is 0 Å². The van der Waals surface area contributed by atoms with Gasteiger partial charge in [-0.1, -0.05) is 53.5 Å². The highest BCUT2D eigenvalue weighted by atomic mass is 35.5. The summed E-state index contributed by atoms with van der Waals surface area (Å²) >= 11 is 12.3. The Balaban J connectivity index is 1.72. The number of benzene rings is 3. The summed E-state index contributed by atoms with van der Waals surface area (Å²) < 4.78 is 0. The summed E-state index contributed by atoms with van der Waals surface area (Å²) in [5, 5.41) is 14.4. The first-order chi connectivity index (χ1) is 16.0. The number of pyridine rings is 1. The van der Waals surface area contributed by atoms with E-state index in [0.717, 1.165) is 52.5 Å². The van der Waals surface area contributed by atoms with E-state index in [0.29, 0.717) is 5.56 Å². The van der Waals surface area contributed by atoms with Gasteiger partial charge in [-0.05, 0) is 66.4 Å². The van der Waals surface area contributed by atoms with Crippen LogP contribution < -0.4 is 5.32 Å². The van der Waals surface area contributed by atoms with Crippen molar-refractivity contribution in [3.8, 4) is 28.0 Å². The number of Topliss-reactive ketones (excluding diaryl/α,β-unsaturated/α-hetero) is 1. The van der Waals surface area contributed by atoms with Crippen LogP contribution in [0, 0.1) is 5.92 Å². The van der Waals surface area contributed by atoms with Crippen molar-refractivity contribution >= 4 is 39.9 Å². The maximum Gasteiger partial charge on any atom is 0.168 e. The lowest BCUT2D eigenvalue weighted by Crippen LogP contribution is -2.06. The molecule has 3 aromatic carbocycles. The summed E-state index contributed by atoms with van der Waals surface area (Å²) in [6.45, 7) is 0.776. The second-order valence-electron chi connectivity index (χ2n) is 8.43. The average molecular weight is 477 g/mol. The van der Waals surface area contributed by atoms with E-state index in [-0.39, 0.29) is 27.5 Å². The van der Waals surface area contributed by atoms with Crippen LogP contribution in [0.5, 0.6) is 5.75 Å². The molecule has 6 heteroatoms. The van der Waals surface area contributed by atoms with Gasteiger partial charge in [0.15, 0.2) is 11.5 Å². The first-order valence-electron chi connectivity index (χ1n) is 10.9. The first kappa shape index (κ1) is 21.9. The molecule has 0 saturated heterocycles. The molecule has 1 fully saturated rings. The molecular weight excluding hydrogens is 455 g/mol. The minimum Gasteiger partial charge on any atom is -0.505 e. The SMILES string of the molecule is CNCc1ccc(-c2c(C(=O)C3CC3)cnc3ccc(-c4cc(Cl)c(O)c(Cl)c4)cc23)cc1. The predicted octanol–water partition coefficient (Wildman–Crippen LogP) is 6.89. The van der Waals surface area contributed by atoms with Crippen LogP contribution >= 0.6 is 23.2 Å². The fourth-order valence-corrected chi connectivity index (χ4v) is 4.65. The third-order valence-corrected chi connectivity index (χ3v) is 6.63. The predicted molar refractivity (Wildman–Crippen MR) is 134 cm³/mol. The van der Waals surface area contributed by atoms with Gasteiger partial charge in [-0.25, -0.2) is 0 Å². The standard InChI is InChI=1S/C27H22Cl2N2O2/c1-30-13-15-2-4-16(5-3-15)25-20-10-18(19-11-22(28)27(33)23(29)12-19)8-9-24(20)31-14-21(25)26(32)17-6-7-17/h2-5,8-12,14,17,30,33H,6-7,13H2,1H3. The van der Waals surface area contributed by atoms with E-state index in [1.807, 2.05) is 25.2 Å². The Bertz CT molecular complexity index is 1360. The molecular formula is C27H22Cl2N2O2. The number of ketones is 1. The number of phenolic OH excluding ortho intramolecular Hbond substituents is 1. The fourth-order valence-electron chi connectivity index (χ4n) is 4.16. The van der Waals surface area contributed by atoms with Crippen molar-refractivity contribution in [3.05, 3.63) is 82.0 Å².